The van der Waals surface area contributed by atoms with Crippen molar-refractivity contribution in [3.63, 3.8) is 0 Å². The predicted molar refractivity (Wildman–Crippen MR) is 80.7 cm³/mol. The Balaban J connectivity index is 1.93. The van der Waals surface area contributed by atoms with E-state index in [2.05, 4.69) is 5.32 Å². The first kappa shape index (κ1) is 15.6. The summed E-state index contributed by atoms with van der Waals surface area (Å²) >= 11 is 0. The van der Waals surface area contributed by atoms with Crippen molar-refractivity contribution in [2.75, 3.05) is 25.1 Å². The second-order valence-corrected chi connectivity index (χ2v) is 4.36. The maximum Gasteiger partial charge on any atom is 0.330 e. The molecule has 22 heavy (non-hydrogen) atoms. The Morgan fingerprint density at radius 2 is 2.05 bits per heavy atom. The summed E-state index contributed by atoms with van der Waals surface area (Å²) in [6.07, 6.45) is 4.30. The van der Waals surface area contributed by atoms with Gasteiger partial charge in [0.2, 0.25) is 5.76 Å². The van der Waals surface area contributed by atoms with Gasteiger partial charge in [0.1, 0.15) is 19.5 Å². The van der Waals surface area contributed by atoms with E-state index < -0.39 is 0 Å². The summed E-state index contributed by atoms with van der Waals surface area (Å²) in [5, 5.41) is 2.70. The molecule has 0 spiro atoms. The highest BCUT2D eigenvalue weighted by Gasteiger charge is 2.14. The van der Waals surface area contributed by atoms with Gasteiger partial charge in [-0.25, -0.2) is 4.79 Å². The van der Waals surface area contributed by atoms with Crippen molar-refractivity contribution >= 4 is 23.6 Å². The molecule has 6 nitrogen and oxygen atoms in total. The number of ether oxygens (including phenoxy) is 3. The third kappa shape index (κ3) is 4.66. The highest BCUT2D eigenvalue weighted by atomic mass is 16.6. The van der Waals surface area contributed by atoms with E-state index in [1.807, 2.05) is 0 Å². The van der Waals surface area contributed by atoms with Crippen LogP contribution in [0.5, 0.6) is 0 Å². The summed E-state index contributed by atoms with van der Waals surface area (Å²) in [6.45, 7) is 2.89. The van der Waals surface area contributed by atoms with Crippen molar-refractivity contribution in [2.45, 2.75) is 6.92 Å². The van der Waals surface area contributed by atoms with Crippen LogP contribution in [0.3, 0.4) is 0 Å². The molecule has 2 rings (SSSR count). The zero-order valence-electron chi connectivity index (χ0n) is 12.2. The van der Waals surface area contributed by atoms with E-state index in [-0.39, 0.29) is 17.6 Å². The molecule has 0 aliphatic carbocycles. The number of carbonyl (C=O) groups is 2. The topological polar surface area (TPSA) is 73.9 Å². The fourth-order valence-electron chi connectivity index (χ4n) is 1.71. The minimum absolute atomic E-state index is 0.150. The zero-order chi connectivity index (χ0) is 15.8. The summed E-state index contributed by atoms with van der Waals surface area (Å²) in [6, 6.07) is 7.01. The van der Waals surface area contributed by atoms with Gasteiger partial charge in [-0.15, -0.1) is 0 Å². The van der Waals surface area contributed by atoms with Crippen LogP contribution in [0, 0.1) is 0 Å². The lowest BCUT2D eigenvalue weighted by atomic mass is 10.2. The zero-order valence-corrected chi connectivity index (χ0v) is 12.2. The predicted octanol–water partition coefficient (Wildman–Crippen LogP) is 2.09. The van der Waals surface area contributed by atoms with E-state index in [9.17, 15) is 9.59 Å². The van der Waals surface area contributed by atoms with Crippen LogP contribution in [0.25, 0.3) is 6.08 Å². The quantitative estimate of drug-likeness (QED) is 0.666. The number of esters is 1. The molecule has 0 fully saturated rings. The van der Waals surface area contributed by atoms with E-state index in [4.69, 9.17) is 14.2 Å². The standard InChI is InChI=1S/C16H17NO5/c1-2-21-15(18)8-5-12-3-6-13(7-4-12)17-16(19)14-11-20-9-10-22-14/h3-8,11H,2,9-10H2,1H3,(H,17,19). The molecule has 1 aliphatic heterocycles. The minimum atomic E-state index is -0.388. The molecule has 6 heteroatoms. The molecule has 0 bridgehead atoms. The van der Waals surface area contributed by atoms with E-state index in [1.54, 1.807) is 37.3 Å². The first-order valence-corrected chi connectivity index (χ1v) is 6.90. The second kappa shape index (κ2) is 7.87. The number of hydrogen-bond donors (Lipinski definition) is 1. The number of rotatable bonds is 5. The lowest BCUT2D eigenvalue weighted by molar-refractivity contribution is -0.137. The molecule has 1 aromatic carbocycles. The third-order valence-electron chi connectivity index (χ3n) is 2.74. The van der Waals surface area contributed by atoms with Crippen molar-refractivity contribution in [3.05, 3.63) is 47.9 Å². The lowest BCUT2D eigenvalue weighted by Gasteiger charge is -2.15. The molecule has 0 aromatic heterocycles. The van der Waals surface area contributed by atoms with Crippen molar-refractivity contribution in [1.82, 2.24) is 0 Å². The number of hydrogen-bond acceptors (Lipinski definition) is 5. The van der Waals surface area contributed by atoms with Gasteiger partial charge in [-0.2, -0.15) is 0 Å². The molecule has 1 heterocycles. The third-order valence-corrected chi connectivity index (χ3v) is 2.74. The maximum atomic E-state index is 11.9. The molecule has 116 valence electrons. The monoisotopic (exact) mass is 303 g/mol. The maximum absolute atomic E-state index is 11.9. The van der Waals surface area contributed by atoms with Gasteiger partial charge in [-0.1, -0.05) is 12.1 Å². The normalized spacial score (nSPS) is 13.8. The SMILES string of the molecule is CCOC(=O)C=Cc1ccc(NC(=O)C2=COCCO2)cc1. The summed E-state index contributed by atoms with van der Waals surface area (Å²) in [7, 11) is 0. The summed E-state index contributed by atoms with van der Waals surface area (Å²) in [5.41, 5.74) is 1.44. The molecule has 1 amide bonds. The van der Waals surface area contributed by atoms with Gasteiger partial charge < -0.3 is 19.5 Å². The molecule has 0 unspecified atom stereocenters. The van der Waals surface area contributed by atoms with Crippen LogP contribution in [0.2, 0.25) is 0 Å². The number of carbonyl (C=O) groups excluding carboxylic acids is 2. The molecule has 1 aromatic rings. The van der Waals surface area contributed by atoms with Crippen LogP contribution >= 0.6 is 0 Å². The smallest absolute Gasteiger partial charge is 0.330 e. The Kier molecular flexibility index (Phi) is 5.59. The van der Waals surface area contributed by atoms with Gasteiger partial charge in [0.15, 0.2) is 0 Å². The van der Waals surface area contributed by atoms with Gasteiger partial charge in [-0.3, -0.25) is 4.79 Å². The summed E-state index contributed by atoms with van der Waals surface area (Å²) in [4.78, 5) is 23.1. The van der Waals surface area contributed by atoms with Gasteiger partial charge in [-0.05, 0) is 30.7 Å². The van der Waals surface area contributed by atoms with Crippen molar-refractivity contribution in [3.8, 4) is 0 Å². The number of amides is 1. The first-order valence-electron chi connectivity index (χ1n) is 6.90. The van der Waals surface area contributed by atoms with E-state index in [0.29, 0.717) is 25.5 Å². The molecule has 0 saturated heterocycles. The largest absolute Gasteiger partial charge is 0.494 e. The van der Waals surface area contributed by atoms with Crippen molar-refractivity contribution < 1.29 is 23.8 Å². The fourth-order valence-corrected chi connectivity index (χ4v) is 1.71. The Morgan fingerprint density at radius 1 is 1.27 bits per heavy atom. The molecular formula is C16H17NO5. The van der Waals surface area contributed by atoms with Gasteiger partial charge in [0.25, 0.3) is 5.91 Å². The van der Waals surface area contributed by atoms with Gasteiger partial charge in [0.05, 0.1) is 6.61 Å². The Labute approximate surface area is 128 Å². The molecule has 1 N–H and O–H groups in total. The lowest BCUT2D eigenvalue weighted by Crippen LogP contribution is -2.21. The summed E-state index contributed by atoms with van der Waals surface area (Å²) < 4.78 is 15.0. The average Bonchev–Trinajstić information content (AvgIpc) is 2.55. The molecule has 0 radical (unpaired) electrons. The molecule has 1 aliphatic rings. The number of nitrogens with one attached hydrogen (secondary N) is 1. The van der Waals surface area contributed by atoms with Crippen LogP contribution in [0.15, 0.2) is 42.4 Å². The van der Waals surface area contributed by atoms with Crippen LogP contribution in [-0.2, 0) is 23.8 Å². The Morgan fingerprint density at radius 3 is 2.68 bits per heavy atom. The van der Waals surface area contributed by atoms with Gasteiger partial charge >= 0.3 is 5.97 Å². The van der Waals surface area contributed by atoms with E-state index in [1.165, 1.54) is 12.3 Å². The highest BCUT2D eigenvalue weighted by Crippen LogP contribution is 2.13. The van der Waals surface area contributed by atoms with E-state index in [0.717, 1.165) is 5.56 Å². The van der Waals surface area contributed by atoms with Crippen LogP contribution < -0.4 is 5.32 Å². The molecule has 0 atom stereocenters. The van der Waals surface area contributed by atoms with Crippen molar-refractivity contribution in [1.29, 1.82) is 0 Å². The Hall–Kier alpha value is -2.76. The van der Waals surface area contributed by atoms with E-state index >= 15 is 0 Å². The van der Waals surface area contributed by atoms with Crippen LogP contribution in [0.1, 0.15) is 12.5 Å². The highest BCUT2D eigenvalue weighted by molar-refractivity contribution is 6.02. The minimum Gasteiger partial charge on any atom is -0.494 e. The fraction of sp³-hybridized carbons (Fsp3) is 0.250. The number of anilines is 1. The van der Waals surface area contributed by atoms with Crippen LogP contribution in [-0.4, -0.2) is 31.7 Å². The summed E-state index contributed by atoms with van der Waals surface area (Å²) in [5.74, 6) is -0.603. The Bertz CT molecular complexity index is 589. The molecule has 0 saturated carbocycles. The second-order valence-electron chi connectivity index (χ2n) is 4.36. The molecular weight excluding hydrogens is 286 g/mol. The van der Waals surface area contributed by atoms with Crippen molar-refractivity contribution in [2.24, 2.45) is 0 Å². The van der Waals surface area contributed by atoms with Crippen LogP contribution in [0.4, 0.5) is 5.69 Å². The van der Waals surface area contributed by atoms with Gasteiger partial charge in [0, 0.05) is 11.8 Å². The average molecular weight is 303 g/mol. The first-order chi connectivity index (χ1) is 10.7. The number of benzene rings is 1.